The highest BCUT2D eigenvalue weighted by atomic mass is 16.7. The lowest BCUT2D eigenvalue weighted by atomic mass is 10.5. The van der Waals surface area contributed by atoms with Crippen molar-refractivity contribution in [2.24, 2.45) is 0 Å². The van der Waals surface area contributed by atoms with Gasteiger partial charge in [-0.15, -0.1) is 0 Å². The van der Waals surface area contributed by atoms with Crippen LogP contribution in [0.1, 0.15) is 0 Å². The molecule has 0 unspecified atom stereocenters. The zero-order valence-corrected chi connectivity index (χ0v) is 5.92. The Bertz CT molecular complexity index is 165. The number of nitrogens with zero attached hydrogens (tertiary/aromatic N) is 1. The normalized spacial score (nSPS) is 16.2. The summed E-state index contributed by atoms with van der Waals surface area (Å²) in [5.41, 5.74) is 2.76. The first-order chi connectivity index (χ1) is 4.86. The number of hydrogen-bond donors (Lipinski definition) is 1. The Balaban J connectivity index is 2.50. The molecule has 1 aliphatic heterocycles. The van der Waals surface area contributed by atoms with E-state index in [9.17, 15) is 0 Å². The molecule has 1 heterocycles. The molecule has 0 amide bonds. The predicted molar refractivity (Wildman–Crippen MR) is 34.9 cm³/mol. The van der Waals surface area contributed by atoms with Crippen LogP contribution in [0.4, 0.5) is 0 Å². The Morgan fingerprint density at radius 3 is 3.00 bits per heavy atom. The van der Waals surface area contributed by atoms with Gasteiger partial charge in [-0.2, -0.15) is 5.17 Å². The van der Waals surface area contributed by atoms with Gasteiger partial charge in [-0.25, -0.2) is 5.43 Å². The van der Waals surface area contributed by atoms with Crippen LogP contribution in [-0.4, -0.2) is 19.4 Å². The Kier molecular flexibility index (Phi) is 2.17. The van der Waals surface area contributed by atoms with Crippen LogP contribution in [0.3, 0.4) is 0 Å². The van der Waals surface area contributed by atoms with Crippen molar-refractivity contribution in [2.75, 3.05) is 14.2 Å². The van der Waals surface area contributed by atoms with Crippen molar-refractivity contribution >= 4 is 0 Å². The molecule has 0 spiro atoms. The third kappa shape index (κ3) is 1.41. The monoisotopic (exact) mass is 141 g/mol. The number of methoxy groups -OCH3 is 1. The summed E-state index contributed by atoms with van der Waals surface area (Å²) in [7, 11) is 3.11. The van der Waals surface area contributed by atoms with Crippen molar-refractivity contribution in [1.29, 1.82) is 0 Å². The summed E-state index contributed by atoms with van der Waals surface area (Å²) in [6, 6.07) is 0. The Morgan fingerprint density at radius 2 is 2.40 bits per heavy atom. The summed E-state index contributed by atoms with van der Waals surface area (Å²) in [6.45, 7) is 0. The Morgan fingerprint density at radius 1 is 1.60 bits per heavy atom. The van der Waals surface area contributed by atoms with Crippen molar-refractivity contribution in [3.63, 3.8) is 0 Å². The van der Waals surface area contributed by atoms with E-state index < -0.39 is 0 Å². The number of ether oxygens (including phenoxy) is 1. The molecule has 10 heavy (non-hydrogen) atoms. The average Bonchev–Trinajstić information content (AvgIpc) is 2.05. The van der Waals surface area contributed by atoms with Crippen molar-refractivity contribution < 1.29 is 9.57 Å². The van der Waals surface area contributed by atoms with E-state index in [-0.39, 0.29) is 0 Å². The second-order valence-electron chi connectivity index (χ2n) is 1.61. The van der Waals surface area contributed by atoms with Crippen molar-refractivity contribution in [3.8, 4) is 0 Å². The molecule has 1 radical (unpaired) electrons. The van der Waals surface area contributed by atoms with Crippen LogP contribution < -0.4 is 5.43 Å². The minimum atomic E-state index is 0.532. The first-order valence-electron chi connectivity index (χ1n) is 2.81. The van der Waals surface area contributed by atoms with E-state index in [0.717, 1.165) is 0 Å². The van der Waals surface area contributed by atoms with Gasteiger partial charge in [-0.1, -0.05) is 0 Å². The molecular formula is C6H9N2O2. The fourth-order valence-electron chi connectivity index (χ4n) is 0.561. The van der Waals surface area contributed by atoms with E-state index in [4.69, 9.17) is 9.57 Å². The lowest BCUT2D eigenvalue weighted by Gasteiger charge is -2.21. The molecule has 0 aromatic carbocycles. The zero-order valence-electron chi connectivity index (χ0n) is 5.92. The second kappa shape index (κ2) is 3.12. The molecule has 0 bridgehead atoms. The maximum atomic E-state index is 4.84. The fraction of sp³-hybridized carbons (Fsp3) is 0.333. The molecule has 0 aliphatic carbocycles. The third-order valence-electron chi connectivity index (χ3n) is 1.04. The van der Waals surface area contributed by atoms with E-state index >= 15 is 0 Å². The van der Waals surface area contributed by atoms with Crippen LogP contribution in [0.2, 0.25) is 0 Å². The highest BCUT2D eigenvalue weighted by molar-refractivity contribution is 5.01. The number of hydroxylamine groups is 1. The molecule has 0 atom stereocenters. The lowest BCUT2D eigenvalue weighted by Crippen LogP contribution is -2.34. The smallest absolute Gasteiger partial charge is 0.215 e. The van der Waals surface area contributed by atoms with Crippen LogP contribution in [-0.2, 0) is 9.57 Å². The summed E-state index contributed by atoms with van der Waals surface area (Å²) < 4.78 is 4.84. The Hall–Kier alpha value is -1.16. The number of hydrogen-bond acceptors (Lipinski definition) is 4. The number of nitrogens with one attached hydrogen (secondary N) is 1. The summed E-state index contributed by atoms with van der Waals surface area (Å²) in [4.78, 5) is 4.82. The van der Waals surface area contributed by atoms with E-state index in [1.165, 1.54) is 5.17 Å². The lowest BCUT2D eigenvalue weighted by molar-refractivity contribution is -0.132. The molecule has 1 aliphatic rings. The zero-order chi connectivity index (χ0) is 7.40. The number of allylic oxidation sites excluding steroid dienone is 2. The van der Waals surface area contributed by atoms with Gasteiger partial charge in [0.05, 0.1) is 26.5 Å². The van der Waals surface area contributed by atoms with Gasteiger partial charge in [0.2, 0.25) is 5.88 Å². The summed E-state index contributed by atoms with van der Waals surface area (Å²) in [6.07, 6.45) is 6.19. The van der Waals surface area contributed by atoms with Gasteiger partial charge in [0.1, 0.15) is 0 Å². The largest absolute Gasteiger partial charge is 0.481 e. The minimum Gasteiger partial charge on any atom is -0.481 e. The summed E-state index contributed by atoms with van der Waals surface area (Å²) >= 11 is 0. The molecule has 0 saturated carbocycles. The average molecular weight is 141 g/mol. The van der Waals surface area contributed by atoms with Crippen molar-refractivity contribution in [2.45, 2.75) is 0 Å². The van der Waals surface area contributed by atoms with Gasteiger partial charge < -0.3 is 4.74 Å². The maximum absolute atomic E-state index is 4.84. The van der Waals surface area contributed by atoms with Gasteiger partial charge in [-0.05, 0) is 6.08 Å². The standard InChI is InChI=1S/C6H9N2O2/c1-9-6-4-3-5-8(7-6)10-2/h3,5,7H,1-2H3. The highest BCUT2D eigenvalue weighted by Crippen LogP contribution is 1.99. The molecule has 0 saturated heterocycles. The molecular weight excluding hydrogens is 132 g/mol. The number of hydrazine groups is 1. The highest BCUT2D eigenvalue weighted by Gasteiger charge is 2.03. The van der Waals surface area contributed by atoms with Gasteiger partial charge in [0.15, 0.2) is 0 Å². The van der Waals surface area contributed by atoms with Gasteiger partial charge in [0, 0.05) is 0 Å². The van der Waals surface area contributed by atoms with Crippen LogP contribution in [0, 0.1) is 6.08 Å². The van der Waals surface area contributed by atoms with Crippen LogP contribution in [0.25, 0.3) is 0 Å². The molecule has 0 fully saturated rings. The maximum Gasteiger partial charge on any atom is 0.215 e. The van der Waals surface area contributed by atoms with Gasteiger partial charge >= 0.3 is 0 Å². The SMILES string of the molecule is COC1=[C]C=CN(OC)N1. The quantitative estimate of drug-likeness (QED) is 0.594. The fourth-order valence-corrected chi connectivity index (χ4v) is 0.561. The van der Waals surface area contributed by atoms with Gasteiger partial charge in [-0.3, -0.25) is 4.84 Å². The molecule has 55 valence electrons. The topological polar surface area (TPSA) is 33.7 Å². The van der Waals surface area contributed by atoms with Crippen LogP contribution in [0.15, 0.2) is 18.2 Å². The second-order valence-corrected chi connectivity index (χ2v) is 1.61. The molecule has 1 N–H and O–H groups in total. The van der Waals surface area contributed by atoms with E-state index in [0.29, 0.717) is 5.88 Å². The van der Waals surface area contributed by atoms with Crippen LogP contribution in [0.5, 0.6) is 0 Å². The molecule has 1 rings (SSSR count). The molecule has 4 heteroatoms. The minimum absolute atomic E-state index is 0.532. The number of rotatable bonds is 2. The third-order valence-corrected chi connectivity index (χ3v) is 1.04. The first kappa shape index (κ1) is 6.95. The van der Waals surface area contributed by atoms with E-state index in [1.807, 2.05) is 0 Å². The molecule has 0 aromatic heterocycles. The van der Waals surface area contributed by atoms with E-state index in [1.54, 1.807) is 26.5 Å². The first-order valence-corrected chi connectivity index (χ1v) is 2.81. The van der Waals surface area contributed by atoms with Crippen LogP contribution >= 0.6 is 0 Å². The van der Waals surface area contributed by atoms with Crippen molar-refractivity contribution in [1.82, 2.24) is 10.6 Å². The van der Waals surface area contributed by atoms with Gasteiger partial charge in [0.25, 0.3) is 0 Å². The molecule has 0 aromatic rings. The molecule has 4 nitrogen and oxygen atoms in total. The van der Waals surface area contributed by atoms with Crippen molar-refractivity contribution in [3.05, 3.63) is 24.2 Å². The summed E-state index contributed by atoms with van der Waals surface area (Å²) in [5, 5.41) is 1.41. The van der Waals surface area contributed by atoms with E-state index in [2.05, 4.69) is 11.5 Å². The predicted octanol–water partition coefficient (Wildman–Crippen LogP) is 0.173. The Labute approximate surface area is 59.6 Å². The summed E-state index contributed by atoms with van der Waals surface area (Å²) in [5.74, 6) is 0.532.